The van der Waals surface area contributed by atoms with Gasteiger partial charge in [0.25, 0.3) is 5.56 Å². The number of nitrogens with zero attached hydrogens (tertiary/aromatic N) is 2. The zero-order chi connectivity index (χ0) is 20.8. The second-order valence-electron chi connectivity index (χ2n) is 7.33. The van der Waals surface area contributed by atoms with Gasteiger partial charge < -0.3 is 9.40 Å². The van der Waals surface area contributed by atoms with Crippen molar-refractivity contribution in [3.8, 4) is 11.4 Å². The van der Waals surface area contributed by atoms with Gasteiger partial charge in [-0.1, -0.05) is 12.1 Å². The van der Waals surface area contributed by atoms with Gasteiger partial charge in [0.15, 0.2) is 0 Å². The Balaban J connectivity index is 1.56. The molecule has 1 aliphatic heterocycles. The molecule has 0 fully saturated rings. The lowest BCUT2D eigenvalue weighted by atomic mass is 10.1. The molecule has 0 bridgehead atoms. The molecule has 3 heterocycles. The molecule has 0 spiro atoms. The predicted molar refractivity (Wildman–Crippen MR) is 101 cm³/mol. The minimum atomic E-state index is -4.40. The van der Waals surface area contributed by atoms with Crippen LogP contribution in [0.1, 0.15) is 33.9 Å². The van der Waals surface area contributed by atoms with Crippen LogP contribution < -0.4 is 5.56 Å². The number of H-pyrrole nitrogens is 1. The third-order valence-corrected chi connectivity index (χ3v) is 5.23. The van der Waals surface area contributed by atoms with Crippen LogP contribution >= 0.6 is 0 Å². The number of aromatic amines is 1. The molecule has 1 aromatic carbocycles. The first-order valence-corrected chi connectivity index (χ1v) is 9.28. The highest BCUT2D eigenvalue weighted by Gasteiger charge is 2.30. The van der Waals surface area contributed by atoms with Crippen molar-refractivity contribution < 1.29 is 17.6 Å². The molecule has 0 unspecified atom stereocenters. The van der Waals surface area contributed by atoms with Crippen LogP contribution in [0.4, 0.5) is 13.2 Å². The van der Waals surface area contributed by atoms with Gasteiger partial charge in [0.05, 0.1) is 23.4 Å². The van der Waals surface area contributed by atoms with E-state index in [1.807, 2.05) is 19.9 Å². The number of aryl methyl sites for hydroxylation is 2. The van der Waals surface area contributed by atoms with E-state index in [-0.39, 0.29) is 11.4 Å². The second-order valence-corrected chi connectivity index (χ2v) is 7.33. The summed E-state index contributed by atoms with van der Waals surface area (Å²) in [6.45, 7) is 5.68. The van der Waals surface area contributed by atoms with Crippen molar-refractivity contribution in [2.24, 2.45) is 0 Å². The number of halogens is 3. The number of furan rings is 1. The Morgan fingerprint density at radius 1 is 1.21 bits per heavy atom. The van der Waals surface area contributed by atoms with Crippen molar-refractivity contribution in [1.82, 2.24) is 14.9 Å². The average molecular weight is 403 g/mol. The van der Waals surface area contributed by atoms with E-state index in [0.717, 1.165) is 29.2 Å². The van der Waals surface area contributed by atoms with Gasteiger partial charge in [-0.25, -0.2) is 4.98 Å². The van der Waals surface area contributed by atoms with Crippen molar-refractivity contribution in [2.75, 3.05) is 6.54 Å². The Hall–Kier alpha value is -2.87. The molecule has 3 aromatic rings. The van der Waals surface area contributed by atoms with Crippen LogP contribution in [0, 0.1) is 13.8 Å². The summed E-state index contributed by atoms with van der Waals surface area (Å²) >= 11 is 0. The monoisotopic (exact) mass is 403 g/mol. The van der Waals surface area contributed by atoms with Crippen LogP contribution in [0.3, 0.4) is 0 Å². The normalized spacial score (nSPS) is 14.8. The van der Waals surface area contributed by atoms with E-state index in [9.17, 15) is 18.0 Å². The summed E-state index contributed by atoms with van der Waals surface area (Å²) < 4.78 is 44.0. The summed E-state index contributed by atoms with van der Waals surface area (Å²) in [5.41, 5.74) is 1.82. The molecule has 1 aliphatic rings. The molecule has 29 heavy (non-hydrogen) atoms. The number of hydrogen-bond donors (Lipinski definition) is 1. The molecular weight excluding hydrogens is 383 g/mol. The number of alkyl halides is 3. The quantitative estimate of drug-likeness (QED) is 0.711. The average Bonchev–Trinajstić information content (AvgIpc) is 2.98. The van der Waals surface area contributed by atoms with E-state index in [2.05, 4.69) is 14.9 Å². The first-order valence-electron chi connectivity index (χ1n) is 9.28. The van der Waals surface area contributed by atoms with Crippen LogP contribution in [0.5, 0.6) is 0 Å². The molecule has 0 atom stereocenters. The predicted octanol–water partition coefficient (Wildman–Crippen LogP) is 4.22. The van der Waals surface area contributed by atoms with Crippen molar-refractivity contribution in [3.63, 3.8) is 0 Å². The van der Waals surface area contributed by atoms with Gasteiger partial charge >= 0.3 is 6.18 Å². The summed E-state index contributed by atoms with van der Waals surface area (Å²) in [4.78, 5) is 22.0. The van der Waals surface area contributed by atoms with Gasteiger partial charge in [0.1, 0.15) is 17.3 Å². The molecule has 0 saturated heterocycles. The van der Waals surface area contributed by atoms with Gasteiger partial charge in [-0.15, -0.1) is 0 Å². The largest absolute Gasteiger partial charge is 0.465 e. The molecule has 1 N–H and O–H groups in total. The van der Waals surface area contributed by atoms with Gasteiger partial charge in [-0.3, -0.25) is 9.69 Å². The highest BCUT2D eigenvalue weighted by Crippen LogP contribution is 2.30. The van der Waals surface area contributed by atoms with Crippen molar-refractivity contribution in [2.45, 2.75) is 39.5 Å². The first kappa shape index (κ1) is 19.4. The van der Waals surface area contributed by atoms with Gasteiger partial charge in [0.2, 0.25) is 0 Å². The Kier molecular flexibility index (Phi) is 4.82. The topological polar surface area (TPSA) is 62.1 Å². The number of hydrogen-bond acceptors (Lipinski definition) is 4. The zero-order valence-electron chi connectivity index (χ0n) is 16.1. The van der Waals surface area contributed by atoms with Gasteiger partial charge in [0, 0.05) is 25.1 Å². The lowest BCUT2D eigenvalue weighted by Gasteiger charge is -2.26. The summed E-state index contributed by atoms with van der Waals surface area (Å²) in [5, 5.41) is 0. The molecule has 4 rings (SSSR count). The fourth-order valence-corrected chi connectivity index (χ4v) is 3.52. The van der Waals surface area contributed by atoms with E-state index < -0.39 is 11.7 Å². The standard InChI is InChI=1S/C21H20F3N3O2/c1-12-9-16(29-13(12)2)10-27-8-7-18-17(11-27)20(28)26-19(25-18)14-3-5-15(6-4-14)21(22,23)24/h3-6,9H,7-8,10-11H2,1-2H3,(H,25,26,28). The van der Waals surface area contributed by atoms with Crippen molar-refractivity contribution in [1.29, 1.82) is 0 Å². The van der Waals surface area contributed by atoms with Crippen molar-refractivity contribution >= 4 is 0 Å². The molecule has 0 saturated carbocycles. The maximum absolute atomic E-state index is 12.7. The van der Waals surface area contributed by atoms with Crippen LogP contribution in [-0.4, -0.2) is 21.4 Å². The van der Waals surface area contributed by atoms with Crippen LogP contribution in [0.2, 0.25) is 0 Å². The maximum atomic E-state index is 12.7. The number of rotatable bonds is 3. The lowest BCUT2D eigenvalue weighted by Crippen LogP contribution is -2.35. The first-order chi connectivity index (χ1) is 13.7. The fraction of sp³-hybridized carbons (Fsp3) is 0.333. The number of aromatic nitrogens is 2. The molecule has 5 nitrogen and oxygen atoms in total. The Morgan fingerprint density at radius 3 is 2.55 bits per heavy atom. The maximum Gasteiger partial charge on any atom is 0.416 e. The third-order valence-electron chi connectivity index (χ3n) is 5.23. The number of fused-ring (bicyclic) bond motifs is 1. The summed E-state index contributed by atoms with van der Waals surface area (Å²) in [6, 6.07) is 6.63. The summed E-state index contributed by atoms with van der Waals surface area (Å²) in [5.74, 6) is 2.03. The third kappa shape index (κ3) is 3.98. The fourth-order valence-electron chi connectivity index (χ4n) is 3.52. The highest BCUT2D eigenvalue weighted by molar-refractivity contribution is 5.56. The zero-order valence-corrected chi connectivity index (χ0v) is 16.1. The van der Waals surface area contributed by atoms with Gasteiger partial charge in [-0.2, -0.15) is 13.2 Å². The Bertz CT molecular complexity index is 1080. The molecule has 2 aromatic heterocycles. The molecule has 0 aliphatic carbocycles. The number of benzene rings is 1. The lowest BCUT2D eigenvalue weighted by molar-refractivity contribution is -0.137. The van der Waals surface area contributed by atoms with Crippen molar-refractivity contribution in [3.05, 3.63) is 74.6 Å². The second kappa shape index (κ2) is 7.18. The van der Waals surface area contributed by atoms with Crippen LogP contribution in [0.25, 0.3) is 11.4 Å². The summed E-state index contributed by atoms with van der Waals surface area (Å²) in [6.07, 6.45) is -3.81. The summed E-state index contributed by atoms with van der Waals surface area (Å²) in [7, 11) is 0. The van der Waals surface area contributed by atoms with Gasteiger partial charge in [-0.05, 0) is 37.6 Å². The highest BCUT2D eigenvalue weighted by atomic mass is 19.4. The molecule has 8 heteroatoms. The van der Waals surface area contributed by atoms with E-state index in [0.29, 0.717) is 42.9 Å². The van der Waals surface area contributed by atoms with E-state index in [4.69, 9.17) is 4.42 Å². The smallest absolute Gasteiger partial charge is 0.416 e. The Morgan fingerprint density at radius 2 is 1.93 bits per heavy atom. The molecular formula is C21H20F3N3O2. The van der Waals surface area contributed by atoms with Crippen LogP contribution in [0.15, 0.2) is 39.5 Å². The van der Waals surface area contributed by atoms with E-state index in [1.54, 1.807) is 0 Å². The number of nitrogens with one attached hydrogen (secondary N) is 1. The molecule has 0 radical (unpaired) electrons. The van der Waals surface area contributed by atoms with E-state index in [1.165, 1.54) is 12.1 Å². The SMILES string of the molecule is Cc1cc(CN2CCc3nc(-c4ccc(C(F)(F)F)cc4)[nH]c(=O)c3C2)oc1C. The van der Waals surface area contributed by atoms with E-state index >= 15 is 0 Å². The minimum Gasteiger partial charge on any atom is -0.465 e. The Labute approximate surface area is 165 Å². The van der Waals surface area contributed by atoms with Crippen LogP contribution in [-0.2, 0) is 25.7 Å². The molecule has 152 valence electrons. The molecule has 0 amide bonds. The minimum absolute atomic E-state index is 0.263.